The second kappa shape index (κ2) is 7.09. The molecule has 4 nitrogen and oxygen atoms in total. The van der Waals surface area contributed by atoms with E-state index in [0.29, 0.717) is 18.3 Å². The monoisotopic (exact) mass is 287 g/mol. The van der Waals surface area contributed by atoms with Crippen LogP contribution >= 0.6 is 0 Å². The maximum absolute atomic E-state index is 10.7. The Morgan fingerprint density at radius 1 is 1.29 bits per heavy atom. The minimum atomic E-state index is -0.969. The Morgan fingerprint density at radius 3 is 2.76 bits per heavy atom. The Balaban J connectivity index is 2.34. The van der Waals surface area contributed by atoms with Crippen LogP contribution in [-0.2, 0) is 11.3 Å². The summed E-state index contributed by atoms with van der Waals surface area (Å²) >= 11 is 0. The first kappa shape index (κ1) is 15.3. The molecule has 0 bridgehead atoms. The SMILES string of the molecule is CC[C@H](C)NCc1c(OCC(=O)O)ccc2ccccc12. The average molecular weight is 287 g/mol. The first-order valence-electron chi connectivity index (χ1n) is 7.20. The van der Waals surface area contributed by atoms with Gasteiger partial charge in [0.25, 0.3) is 0 Å². The van der Waals surface area contributed by atoms with Gasteiger partial charge in [0.2, 0.25) is 0 Å². The van der Waals surface area contributed by atoms with Gasteiger partial charge in [-0.15, -0.1) is 0 Å². The maximum atomic E-state index is 10.7. The topological polar surface area (TPSA) is 58.6 Å². The van der Waals surface area contributed by atoms with E-state index in [1.807, 2.05) is 36.4 Å². The van der Waals surface area contributed by atoms with Gasteiger partial charge in [0, 0.05) is 18.2 Å². The lowest BCUT2D eigenvalue weighted by Gasteiger charge is -2.16. The fourth-order valence-electron chi connectivity index (χ4n) is 2.19. The number of carboxylic acids is 1. The highest BCUT2D eigenvalue weighted by Gasteiger charge is 2.11. The van der Waals surface area contributed by atoms with E-state index in [-0.39, 0.29) is 6.61 Å². The maximum Gasteiger partial charge on any atom is 0.341 e. The molecule has 0 heterocycles. The smallest absolute Gasteiger partial charge is 0.341 e. The Bertz CT molecular complexity index is 624. The highest BCUT2D eigenvalue weighted by Crippen LogP contribution is 2.28. The lowest BCUT2D eigenvalue weighted by Crippen LogP contribution is -2.25. The predicted molar refractivity (Wildman–Crippen MR) is 83.7 cm³/mol. The zero-order chi connectivity index (χ0) is 15.2. The van der Waals surface area contributed by atoms with E-state index in [1.54, 1.807) is 0 Å². The van der Waals surface area contributed by atoms with Crippen molar-refractivity contribution in [3.8, 4) is 5.75 Å². The molecule has 4 heteroatoms. The third-order valence-electron chi connectivity index (χ3n) is 3.59. The molecule has 0 spiro atoms. The summed E-state index contributed by atoms with van der Waals surface area (Å²) in [6, 6.07) is 12.3. The number of fused-ring (bicyclic) bond motifs is 1. The molecule has 0 saturated carbocycles. The number of carbonyl (C=O) groups is 1. The van der Waals surface area contributed by atoms with E-state index < -0.39 is 5.97 Å². The number of rotatable bonds is 7. The molecule has 21 heavy (non-hydrogen) atoms. The van der Waals surface area contributed by atoms with Gasteiger partial charge in [-0.2, -0.15) is 0 Å². The van der Waals surface area contributed by atoms with Crippen molar-refractivity contribution in [1.82, 2.24) is 5.32 Å². The molecule has 0 aliphatic heterocycles. The second-order valence-electron chi connectivity index (χ2n) is 5.14. The van der Waals surface area contributed by atoms with Gasteiger partial charge in [-0.05, 0) is 30.2 Å². The lowest BCUT2D eigenvalue weighted by atomic mass is 10.0. The molecule has 1 atom stereocenters. The van der Waals surface area contributed by atoms with E-state index in [2.05, 4.69) is 19.2 Å². The van der Waals surface area contributed by atoms with Crippen molar-refractivity contribution >= 4 is 16.7 Å². The van der Waals surface area contributed by atoms with Crippen molar-refractivity contribution in [1.29, 1.82) is 0 Å². The van der Waals surface area contributed by atoms with Crippen LogP contribution in [0.2, 0.25) is 0 Å². The quantitative estimate of drug-likeness (QED) is 0.821. The minimum absolute atomic E-state index is 0.325. The number of hydrogen-bond acceptors (Lipinski definition) is 3. The van der Waals surface area contributed by atoms with Gasteiger partial charge in [0.15, 0.2) is 6.61 Å². The fourth-order valence-corrected chi connectivity index (χ4v) is 2.19. The zero-order valence-electron chi connectivity index (χ0n) is 12.4. The summed E-state index contributed by atoms with van der Waals surface area (Å²) in [6.07, 6.45) is 1.04. The summed E-state index contributed by atoms with van der Waals surface area (Å²) in [6.45, 7) is 4.59. The Labute approximate surface area is 124 Å². The molecule has 0 amide bonds. The van der Waals surface area contributed by atoms with E-state index in [4.69, 9.17) is 9.84 Å². The predicted octanol–water partition coefficient (Wildman–Crippen LogP) is 3.19. The van der Waals surface area contributed by atoms with Gasteiger partial charge in [0.1, 0.15) is 5.75 Å². The number of aliphatic carboxylic acids is 1. The summed E-state index contributed by atoms with van der Waals surface area (Å²) in [5.41, 5.74) is 1.01. The molecule has 0 aliphatic rings. The Hall–Kier alpha value is -2.07. The van der Waals surface area contributed by atoms with Crippen molar-refractivity contribution in [3.05, 3.63) is 42.0 Å². The normalized spacial score (nSPS) is 12.3. The molecular weight excluding hydrogens is 266 g/mol. The highest BCUT2D eigenvalue weighted by atomic mass is 16.5. The van der Waals surface area contributed by atoms with Crippen LogP contribution in [-0.4, -0.2) is 23.7 Å². The molecular formula is C17H21NO3. The Kier molecular flexibility index (Phi) is 5.17. The molecule has 112 valence electrons. The molecule has 2 aromatic rings. The summed E-state index contributed by atoms with van der Waals surface area (Å²) in [5, 5.41) is 14.5. The number of carboxylic acid groups (broad SMARTS) is 1. The van der Waals surface area contributed by atoms with Gasteiger partial charge in [-0.3, -0.25) is 0 Å². The molecule has 0 aliphatic carbocycles. The van der Waals surface area contributed by atoms with Crippen molar-refractivity contribution in [2.45, 2.75) is 32.9 Å². The van der Waals surface area contributed by atoms with Crippen molar-refractivity contribution in [3.63, 3.8) is 0 Å². The van der Waals surface area contributed by atoms with Crippen LogP contribution < -0.4 is 10.1 Å². The van der Waals surface area contributed by atoms with Gasteiger partial charge < -0.3 is 15.2 Å². The third kappa shape index (κ3) is 3.95. The lowest BCUT2D eigenvalue weighted by molar-refractivity contribution is -0.139. The average Bonchev–Trinajstić information content (AvgIpc) is 2.50. The first-order valence-corrected chi connectivity index (χ1v) is 7.20. The molecule has 0 aromatic heterocycles. The zero-order valence-corrected chi connectivity index (χ0v) is 12.4. The van der Waals surface area contributed by atoms with Crippen LogP contribution in [0.4, 0.5) is 0 Å². The molecule has 0 unspecified atom stereocenters. The van der Waals surface area contributed by atoms with Crippen molar-refractivity contribution in [2.24, 2.45) is 0 Å². The highest BCUT2D eigenvalue weighted by molar-refractivity contribution is 5.87. The number of nitrogens with one attached hydrogen (secondary N) is 1. The van der Waals surface area contributed by atoms with Crippen LogP contribution in [0.3, 0.4) is 0 Å². The second-order valence-corrected chi connectivity index (χ2v) is 5.14. The summed E-state index contributed by atoms with van der Waals surface area (Å²) in [4.78, 5) is 10.7. The summed E-state index contributed by atoms with van der Waals surface area (Å²) in [5.74, 6) is -0.337. The van der Waals surface area contributed by atoms with Crippen LogP contribution in [0.15, 0.2) is 36.4 Å². The van der Waals surface area contributed by atoms with E-state index >= 15 is 0 Å². The molecule has 0 radical (unpaired) electrons. The first-order chi connectivity index (χ1) is 10.1. The standard InChI is InChI=1S/C17H21NO3/c1-3-12(2)18-10-15-14-7-5-4-6-13(14)8-9-16(15)21-11-17(19)20/h4-9,12,18H,3,10-11H2,1-2H3,(H,19,20)/t12-/m0/s1. The van der Waals surface area contributed by atoms with Gasteiger partial charge in [0.05, 0.1) is 0 Å². The molecule has 0 fully saturated rings. The van der Waals surface area contributed by atoms with E-state index in [0.717, 1.165) is 22.8 Å². The van der Waals surface area contributed by atoms with Crippen LogP contribution in [0, 0.1) is 0 Å². The van der Waals surface area contributed by atoms with Crippen LogP contribution in [0.5, 0.6) is 5.75 Å². The fraction of sp³-hybridized carbons (Fsp3) is 0.353. The molecule has 0 saturated heterocycles. The summed E-state index contributed by atoms with van der Waals surface area (Å²) in [7, 11) is 0. The van der Waals surface area contributed by atoms with E-state index in [1.165, 1.54) is 0 Å². The van der Waals surface area contributed by atoms with Gasteiger partial charge in [-0.1, -0.05) is 37.3 Å². The van der Waals surface area contributed by atoms with Crippen LogP contribution in [0.25, 0.3) is 10.8 Å². The van der Waals surface area contributed by atoms with Crippen molar-refractivity contribution in [2.75, 3.05) is 6.61 Å². The minimum Gasteiger partial charge on any atom is -0.482 e. The molecule has 2 N–H and O–H groups in total. The largest absolute Gasteiger partial charge is 0.482 e. The van der Waals surface area contributed by atoms with E-state index in [9.17, 15) is 4.79 Å². The van der Waals surface area contributed by atoms with Crippen LogP contribution in [0.1, 0.15) is 25.8 Å². The van der Waals surface area contributed by atoms with Gasteiger partial charge in [-0.25, -0.2) is 4.79 Å². The Morgan fingerprint density at radius 2 is 2.05 bits per heavy atom. The third-order valence-corrected chi connectivity index (χ3v) is 3.59. The number of hydrogen-bond donors (Lipinski definition) is 2. The summed E-state index contributed by atoms with van der Waals surface area (Å²) < 4.78 is 5.43. The van der Waals surface area contributed by atoms with Gasteiger partial charge >= 0.3 is 5.97 Å². The number of benzene rings is 2. The van der Waals surface area contributed by atoms with Crippen molar-refractivity contribution < 1.29 is 14.6 Å². The molecule has 2 aromatic carbocycles. The number of ether oxygens (including phenoxy) is 1. The molecule has 2 rings (SSSR count).